The van der Waals surface area contributed by atoms with Gasteiger partial charge in [-0.25, -0.2) is 0 Å². The molecule has 1 aromatic rings. The zero-order chi connectivity index (χ0) is 14.2. The highest BCUT2D eigenvalue weighted by molar-refractivity contribution is 5.82. The van der Waals surface area contributed by atoms with Crippen LogP contribution in [0.1, 0.15) is 44.7 Å². The number of carbonyl (C=O) groups is 1. The molecule has 2 heterocycles. The number of carbonyl (C=O) groups excluding carboxylic acids is 1. The van der Waals surface area contributed by atoms with Crippen LogP contribution >= 0.6 is 0 Å². The van der Waals surface area contributed by atoms with E-state index in [1.54, 1.807) is 0 Å². The molecule has 1 fully saturated rings. The number of hydrogen-bond donors (Lipinski definition) is 2. The number of rotatable bonds is 2. The minimum atomic E-state index is -0.337. The normalized spacial score (nSPS) is 28.2. The van der Waals surface area contributed by atoms with Crippen molar-refractivity contribution in [2.75, 3.05) is 6.54 Å². The Balaban J connectivity index is 1.83. The highest BCUT2D eigenvalue weighted by atomic mass is 16.5. The lowest BCUT2D eigenvalue weighted by Crippen LogP contribution is -2.49. The van der Waals surface area contributed by atoms with Crippen LogP contribution in [0.2, 0.25) is 0 Å². The molecule has 2 unspecified atom stereocenters. The van der Waals surface area contributed by atoms with E-state index in [9.17, 15) is 4.79 Å². The monoisotopic (exact) mass is 274 g/mol. The van der Waals surface area contributed by atoms with Gasteiger partial charge in [0, 0.05) is 12.1 Å². The van der Waals surface area contributed by atoms with Crippen LogP contribution in [0.3, 0.4) is 0 Å². The van der Waals surface area contributed by atoms with Gasteiger partial charge in [-0.1, -0.05) is 18.2 Å². The predicted octanol–water partition coefficient (Wildman–Crippen LogP) is 2.16. The topological polar surface area (TPSA) is 50.4 Å². The standard InChI is InChI=1S/C16H22N2O2/c1-16(2)14(11-7-3-4-9-13(11)20-16)18-12-8-5-6-10-17-15(12)19/h3-4,7,9,12,14,18H,5-6,8,10H2,1-2H3,(H,17,19). The van der Waals surface area contributed by atoms with Crippen LogP contribution in [0, 0.1) is 0 Å². The quantitative estimate of drug-likeness (QED) is 0.869. The van der Waals surface area contributed by atoms with Crippen LogP contribution in [0.5, 0.6) is 5.75 Å². The summed E-state index contributed by atoms with van der Waals surface area (Å²) in [6, 6.07) is 7.99. The summed E-state index contributed by atoms with van der Waals surface area (Å²) >= 11 is 0. The van der Waals surface area contributed by atoms with Gasteiger partial charge in [0.1, 0.15) is 11.4 Å². The lowest BCUT2D eigenvalue weighted by atomic mass is 9.93. The number of ether oxygens (including phenoxy) is 1. The molecule has 0 spiro atoms. The fourth-order valence-electron chi connectivity index (χ4n) is 3.12. The maximum Gasteiger partial charge on any atom is 0.237 e. The molecule has 1 amide bonds. The van der Waals surface area contributed by atoms with Crippen molar-refractivity contribution < 1.29 is 9.53 Å². The summed E-state index contributed by atoms with van der Waals surface area (Å²) in [6.45, 7) is 4.93. The molecular weight excluding hydrogens is 252 g/mol. The Morgan fingerprint density at radius 2 is 2.10 bits per heavy atom. The van der Waals surface area contributed by atoms with Gasteiger partial charge in [-0.15, -0.1) is 0 Å². The number of benzene rings is 1. The molecule has 1 aromatic carbocycles. The van der Waals surface area contributed by atoms with Crippen molar-refractivity contribution in [3.05, 3.63) is 29.8 Å². The lowest BCUT2D eigenvalue weighted by Gasteiger charge is -2.30. The third-order valence-electron chi connectivity index (χ3n) is 4.20. The number of hydrogen-bond acceptors (Lipinski definition) is 3. The fraction of sp³-hybridized carbons (Fsp3) is 0.562. The van der Waals surface area contributed by atoms with Gasteiger partial charge in [0.15, 0.2) is 0 Å². The Morgan fingerprint density at radius 3 is 2.95 bits per heavy atom. The minimum absolute atomic E-state index is 0.0487. The Morgan fingerprint density at radius 1 is 1.30 bits per heavy atom. The van der Waals surface area contributed by atoms with Crippen molar-refractivity contribution in [3.63, 3.8) is 0 Å². The average molecular weight is 274 g/mol. The maximum absolute atomic E-state index is 12.1. The lowest BCUT2D eigenvalue weighted by molar-refractivity contribution is -0.123. The summed E-state index contributed by atoms with van der Waals surface area (Å²) in [5.74, 6) is 1.03. The molecule has 2 aliphatic rings. The first kappa shape index (κ1) is 13.4. The Labute approximate surface area is 119 Å². The Bertz CT molecular complexity index is 513. The van der Waals surface area contributed by atoms with E-state index >= 15 is 0 Å². The highest BCUT2D eigenvalue weighted by Crippen LogP contribution is 2.43. The Kier molecular flexibility index (Phi) is 3.42. The van der Waals surface area contributed by atoms with Crippen LogP contribution in [0.4, 0.5) is 0 Å². The van der Waals surface area contributed by atoms with Gasteiger partial charge in [0.2, 0.25) is 5.91 Å². The zero-order valence-electron chi connectivity index (χ0n) is 12.1. The predicted molar refractivity (Wildman–Crippen MR) is 77.7 cm³/mol. The van der Waals surface area contributed by atoms with Gasteiger partial charge >= 0.3 is 0 Å². The van der Waals surface area contributed by atoms with Crippen LogP contribution in [-0.4, -0.2) is 24.1 Å². The van der Waals surface area contributed by atoms with E-state index < -0.39 is 0 Å². The number of para-hydroxylation sites is 1. The molecule has 2 N–H and O–H groups in total. The van der Waals surface area contributed by atoms with Gasteiger partial charge in [-0.05, 0) is 39.2 Å². The van der Waals surface area contributed by atoms with E-state index in [4.69, 9.17) is 4.74 Å². The van der Waals surface area contributed by atoms with Gasteiger partial charge in [-0.2, -0.15) is 0 Å². The molecule has 0 bridgehead atoms. The van der Waals surface area contributed by atoms with Crippen molar-refractivity contribution in [3.8, 4) is 5.75 Å². The van der Waals surface area contributed by atoms with E-state index in [0.29, 0.717) is 0 Å². The molecule has 0 radical (unpaired) electrons. The molecule has 20 heavy (non-hydrogen) atoms. The molecule has 2 aliphatic heterocycles. The van der Waals surface area contributed by atoms with Crippen LogP contribution < -0.4 is 15.4 Å². The summed E-state index contributed by atoms with van der Waals surface area (Å²) in [4.78, 5) is 12.1. The minimum Gasteiger partial charge on any atom is -0.486 e. The summed E-state index contributed by atoms with van der Waals surface area (Å²) < 4.78 is 6.02. The van der Waals surface area contributed by atoms with E-state index in [-0.39, 0.29) is 23.6 Å². The van der Waals surface area contributed by atoms with E-state index in [0.717, 1.165) is 37.1 Å². The van der Waals surface area contributed by atoms with Crippen LogP contribution in [-0.2, 0) is 4.79 Å². The van der Waals surface area contributed by atoms with Gasteiger partial charge in [-0.3, -0.25) is 10.1 Å². The Hall–Kier alpha value is -1.55. The first-order valence-electron chi connectivity index (χ1n) is 7.39. The summed E-state index contributed by atoms with van der Waals surface area (Å²) in [5.41, 5.74) is 0.811. The van der Waals surface area contributed by atoms with Gasteiger partial charge in [0.05, 0.1) is 12.1 Å². The second-order valence-corrected chi connectivity index (χ2v) is 6.18. The van der Waals surface area contributed by atoms with Crippen molar-refractivity contribution in [1.82, 2.24) is 10.6 Å². The molecule has 4 heteroatoms. The number of fused-ring (bicyclic) bond motifs is 1. The van der Waals surface area contributed by atoms with Gasteiger partial charge < -0.3 is 10.1 Å². The molecule has 0 aromatic heterocycles. The molecule has 1 saturated heterocycles. The van der Waals surface area contributed by atoms with Crippen molar-refractivity contribution >= 4 is 5.91 Å². The molecule has 108 valence electrons. The van der Waals surface area contributed by atoms with Crippen molar-refractivity contribution in [2.45, 2.75) is 50.8 Å². The van der Waals surface area contributed by atoms with Crippen molar-refractivity contribution in [2.24, 2.45) is 0 Å². The number of amides is 1. The summed E-state index contributed by atoms with van der Waals surface area (Å²) in [5, 5.41) is 6.49. The SMILES string of the molecule is CC1(C)Oc2ccccc2C1NC1CCCCNC1=O. The molecular formula is C16H22N2O2. The summed E-state index contributed by atoms with van der Waals surface area (Å²) in [7, 11) is 0. The highest BCUT2D eigenvalue weighted by Gasteiger charge is 2.42. The zero-order valence-corrected chi connectivity index (χ0v) is 12.1. The van der Waals surface area contributed by atoms with E-state index in [2.05, 4.69) is 30.5 Å². The molecule has 0 saturated carbocycles. The summed E-state index contributed by atoms with van der Waals surface area (Å²) in [6.07, 6.45) is 3.03. The first-order chi connectivity index (χ1) is 9.58. The third kappa shape index (κ3) is 2.40. The van der Waals surface area contributed by atoms with E-state index in [1.807, 2.05) is 18.2 Å². The smallest absolute Gasteiger partial charge is 0.237 e. The van der Waals surface area contributed by atoms with E-state index in [1.165, 1.54) is 0 Å². The van der Waals surface area contributed by atoms with Crippen LogP contribution in [0.15, 0.2) is 24.3 Å². The second-order valence-electron chi connectivity index (χ2n) is 6.18. The third-order valence-corrected chi connectivity index (χ3v) is 4.20. The second kappa shape index (κ2) is 5.09. The average Bonchev–Trinajstić information content (AvgIpc) is 2.54. The van der Waals surface area contributed by atoms with Crippen molar-refractivity contribution in [1.29, 1.82) is 0 Å². The van der Waals surface area contributed by atoms with Gasteiger partial charge in [0.25, 0.3) is 0 Å². The molecule has 4 nitrogen and oxygen atoms in total. The largest absolute Gasteiger partial charge is 0.486 e. The fourth-order valence-corrected chi connectivity index (χ4v) is 3.12. The molecule has 0 aliphatic carbocycles. The molecule has 2 atom stereocenters. The maximum atomic E-state index is 12.1. The van der Waals surface area contributed by atoms with Crippen LogP contribution in [0.25, 0.3) is 0 Å². The molecule has 3 rings (SSSR count). The number of nitrogens with one attached hydrogen (secondary N) is 2. The first-order valence-corrected chi connectivity index (χ1v) is 7.39.